The second kappa shape index (κ2) is 7.60. The van der Waals surface area contributed by atoms with Crippen molar-refractivity contribution in [3.8, 4) is 17.6 Å². The van der Waals surface area contributed by atoms with Gasteiger partial charge in [0.1, 0.15) is 4.90 Å². The Kier molecular flexibility index (Phi) is 5.47. The number of hydrogen-bond acceptors (Lipinski definition) is 7. The van der Waals surface area contributed by atoms with E-state index >= 15 is 0 Å². The first kappa shape index (κ1) is 18.0. The molecule has 1 aliphatic rings. The van der Waals surface area contributed by atoms with Gasteiger partial charge >= 0.3 is 10.1 Å². The summed E-state index contributed by atoms with van der Waals surface area (Å²) < 4.78 is 35.9. The Hall–Kier alpha value is -1.82. The SMILES string of the molecule is COc1cc(C2SCCS2)ccc1OS(=O)(=O)c1cccc(C#N)c1. The Morgan fingerprint density at radius 2 is 1.88 bits per heavy atom. The number of thioether (sulfide) groups is 2. The summed E-state index contributed by atoms with van der Waals surface area (Å²) in [7, 11) is -2.58. The van der Waals surface area contributed by atoms with E-state index in [1.54, 1.807) is 6.07 Å². The van der Waals surface area contributed by atoms with Crippen molar-refractivity contribution in [2.45, 2.75) is 9.48 Å². The predicted molar refractivity (Wildman–Crippen MR) is 99.6 cm³/mol. The van der Waals surface area contributed by atoms with Crippen molar-refractivity contribution in [2.75, 3.05) is 18.6 Å². The molecule has 2 aromatic rings. The van der Waals surface area contributed by atoms with E-state index in [0.717, 1.165) is 17.1 Å². The maximum atomic E-state index is 12.5. The highest BCUT2D eigenvalue weighted by Crippen LogP contribution is 2.47. The molecule has 0 aliphatic carbocycles. The van der Waals surface area contributed by atoms with Gasteiger partial charge in [0.05, 0.1) is 23.3 Å². The van der Waals surface area contributed by atoms with E-state index in [1.807, 2.05) is 41.7 Å². The van der Waals surface area contributed by atoms with Crippen LogP contribution in [0.1, 0.15) is 15.7 Å². The van der Waals surface area contributed by atoms with Gasteiger partial charge in [-0.25, -0.2) is 0 Å². The standard InChI is InChI=1S/C17H15NO4S3/c1-21-16-10-13(17-23-7-8-24-17)5-6-15(16)22-25(19,20)14-4-2-3-12(9-14)11-18/h2-6,9-10,17H,7-8H2,1H3. The van der Waals surface area contributed by atoms with Gasteiger partial charge in [0.2, 0.25) is 0 Å². The summed E-state index contributed by atoms with van der Waals surface area (Å²) in [6.07, 6.45) is 0. The third-order valence-electron chi connectivity index (χ3n) is 3.53. The van der Waals surface area contributed by atoms with Crippen molar-refractivity contribution in [1.82, 2.24) is 0 Å². The molecule has 0 radical (unpaired) electrons. The van der Waals surface area contributed by atoms with Crippen LogP contribution in [0.25, 0.3) is 0 Å². The number of rotatable bonds is 5. The average Bonchev–Trinajstić information content (AvgIpc) is 3.16. The molecule has 0 unspecified atom stereocenters. The van der Waals surface area contributed by atoms with Crippen LogP contribution >= 0.6 is 23.5 Å². The summed E-state index contributed by atoms with van der Waals surface area (Å²) in [6, 6.07) is 12.9. The third-order valence-corrected chi connectivity index (χ3v) is 7.87. The van der Waals surface area contributed by atoms with Crippen LogP contribution < -0.4 is 8.92 Å². The van der Waals surface area contributed by atoms with E-state index < -0.39 is 10.1 Å². The van der Waals surface area contributed by atoms with E-state index in [0.29, 0.717) is 10.3 Å². The highest BCUT2D eigenvalue weighted by Gasteiger charge is 2.23. The fourth-order valence-electron chi connectivity index (χ4n) is 2.34. The molecule has 1 fully saturated rings. The molecular formula is C17H15NO4S3. The smallest absolute Gasteiger partial charge is 0.339 e. The Morgan fingerprint density at radius 3 is 2.56 bits per heavy atom. The van der Waals surface area contributed by atoms with Crippen LogP contribution in [-0.2, 0) is 10.1 Å². The van der Waals surface area contributed by atoms with E-state index in [9.17, 15) is 8.42 Å². The molecule has 1 aliphatic heterocycles. The number of methoxy groups -OCH3 is 1. The minimum atomic E-state index is -4.05. The first-order chi connectivity index (χ1) is 12.0. The van der Waals surface area contributed by atoms with Crippen molar-refractivity contribution in [2.24, 2.45) is 0 Å². The maximum Gasteiger partial charge on any atom is 0.339 e. The molecule has 0 bridgehead atoms. The molecule has 0 amide bonds. The Morgan fingerprint density at radius 1 is 1.12 bits per heavy atom. The highest BCUT2D eigenvalue weighted by molar-refractivity contribution is 8.19. The number of benzene rings is 2. The largest absolute Gasteiger partial charge is 0.493 e. The zero-order chi connectivity index (χ0) is 17.9. The lowest BCUT2D eigenvalue weighted by atomic mass is 10.2. The molecule has 5 nitrogen and oxygen atoms in total. The summed E-state index contributed by atoms with van der Waals surface area (Å²) >= 11 is 3.70. The van der Waals surface area contributed by atoms with Crippen LogP contribution in [0, 0.1) is 11.3 Å². The van der Waals surface area contributed by atoms with Gasteiger partial charge in [0, 0.05) is 11.5 Å². The minimum absolute atomic E-state index is 0.0698. The van der Waals surface area contributed by atoms with E-state index in [1.165, 1.54) is 31.4 Å². The highest BCUT2D eigenvalue weighted by atomic mass is 32.2. The lowest BCUT2D eigenvalue weighted by molar-refractivity contribution is 0.390. The zero-order valence-electron chi connectivity index (χ0n) is 13.3. The number of nitriles is 1. The second-order valence-electron chi connectivity index (χ2n) is 5.16. The third kappa shape index (κ3) is 4.06. The molecule has 0 spiro atoms. The Balaban J connectivity index is 1.89. The Labute approximate surface area is 155 Å². The van der Waals surface area contributed by atoms with Gasteiger partial charge in [0.15, 0.2) is 11.5 Å². The summed E-state index contributed by atoms with van der Waals surface area (Å²) in [5.74, 6) is 2.69. The van der Waals surface area contributed by atoms with E-state index in [2.05, 4.69) is 0 Å². The number of hydrogen-bond donors (Lipinski definition) is 0. The van der Waals surface area contributed by atoms with Gasteiger partial charge < -0.3 is 8.92 Å². The fourth-order valence-corrected chi connectivity index (χ4v) is 6.16. The first-order valence-electron chi connectivity index (χ1n) is 7.39. The van der Waals surface area contributed by atoms with Crippen LogP contribution in [0.3, 0.4) is 0 Å². The normalized spacial score (nSPS) is 14.9. The molecule has 1 saturated heterocycles. The zero-order valence-corrected chi connectivity index (χ0v) is 15.8. The predicted octanol–water partition coefficient (Wildman–Crippen LogP) is 3.81. The molecule has 130 valence electrons. The van der Waals surface area contributed by atoms with Gasteiger partial charge in [-0.3, -0.25) is 0 Å². The second-order valence-corrected chi connectivity index (χ2v) is 9.43. The van der Waals surface area contributed by atoms with Crippen LogP contribution in [0.2, 0.25) is 0 Å². The summed E-state index contributed by atoms with van der Waals surface area (Å²) in [5.41, 5.74) is 1.32. The summed E-state index contributed by atoms with van der Waals surface area (Å²) in [5, 5.41) is 8.92. The number of nitrogens with zero attached hydrogens (tertiary/aromatic N) is 1. The molecule has 0 atom stereocenters. The summed E-state index contributed by atoms with van der Waals surface area (Å²) in [4.78, 5) is -0.0698. The molecule has 25 heavy (non-hydrogen) atoms. The van der Waals surface area contributed by atoms with Crippen LogP contribution in [0.5, 0.6) is 11.5 Å². The fraction of sp³-hybridized carbons (Fsp3) is 0.235. The molecule has 0 N–H and O–H groups in total. The molecular weight excluding hydrogens is 378 g/mol. The van der Waals surface area contributed by atoms with E-state index in [-0.39, 0.29) is 16.2 Å². The number of ether oxygens (including phenoxy) is 1. The van der Waals surface area contributed by atoms with Gasteiger partial charge in [0.25, 0.3) is 0 Å². The van der Waals surface area contributed by atoms with Gasteiger partial charge in [-0.1, -0.05) is 12.1 Å². The first-order valence-corrected chi connectivity index (χ1v) is 10.9. The monoisotopic (exact) mass is 393 g/mol. The molecule has 3 rings (SSSR count). The molecule has 0 aromatic heterocycles. The lowest BCUT2D eigenvalue weighted by Crippen LogP contribution is -2.10. The van der Waals surface area contributed by atoms with Gasteiger partial charge in [-0.05, 0) is 35.9 Å². The average molecular weight is 394 g/mol. The minimum Gasteiger partial charge on any atom is -0.493 e. The van der Waals surface area contributed by atoms with Crippen LogP contribution in [-0.4, -0.2) is 27.0 Å². The molecule has 0 saturated carbocycles. The maximum absolute atomic E-state index is 12.5. The van der Waals surface area contributed by atoms with Crippen molar-refractivity contribution in [3.05, 3.63) is 53.6 Å². The lowest BCUT2D eigenvalue weighted by Gasteiger charge is -2.14. The van der Waals surface area contributed by atoms with Crippen molar-refractivity contribution in [1.29, 1.82) is 5.26 Å². The van der Waals surface area contributed by atoms with Crippen molar-refractivity contribution < 1.29 is 17.3 Å². The Bertz CT molecular complexity index is 916. The van der Waals surface area contributed by atoms with Crippen molar-refractivity contribution in [3.63, 3.8) is 0 Å². The molecule has 8 heteroatoms. The summed E-state index contributed by atoms with van der Waals surface area (Å²) in [6.45, 7) is 0. The molecule has 1 heterocycles. The quantitative estimate of drug-likeness (QED) is 0.715. The van der Waals surface area contributed by atoms with Crippen molar-refractivity contribution >= 4 is 33.6 Å². The van der Waals surface area contributed by atoms with E-state index in [4.69, 9.17) is 14.2 Å². The van der Waals surface area contributed by atoms with Gasteiger partial charge in [-0.2, -0.15) is 13.7 Å². The van der Waals surface area contributed by atoms with Gasteiger partial charge in [-0.15, -0.1) is 23.5 Å². The topological polar surface area (TPSA) is 76.4 Å². The van der Waals surface area contributed by atoms with Crippen LogP contribution in [0.4, 0.5) is 0 Å². The van der Waals surface area contributed by atoms with Crippen LogP contribution in [0.15, 0.2) is 47.4 Å². The molecule has 2 aromatic carbocycles.